The molecular formula is C11H12N4O3. The quantitative estimate of drug-likeness (QED) is 0.590. The van der Waals surface area contributed by atoms with E-state index < -0.39 is 5.92 Å². The first-order valence-electron chi connectivity index (χ1n) is 5.36. The summed E-state index contributed by atoms with van der Waals surface area (Å²) in [6.45, 7) is 1.70. The maximum atomic E-state index is 11.5. The second kappa shape index (κ2) is 5.26. The van der Waals surface area contributed by atoms with Crippen molar-refractivity contribution >= 4 is 23.7 Å². The van der Waals surface area contributed by atoms with E-state index in [9.17, 15) is 9.59 Å². The van der Waals surface area contributed by atoms with Crippen LogP contribution in [0.2, 0.25) is 0 Å². The number of nitrogens with zero attached hydrogens (tertiary/aromatic N) is 2. The highest BCUT2D eigenvalue weighted by molar-refractivity contribution is 6.09. The number of carbonyl (C=O) groups excluding carboxylic acids is 2. The molecule has 1 atom stereocenters. The molecule has 1 aliphatic heterocycles. The fourth-order valence-electron chi connectivity index (χ4n) is 1.49. The Morgan fingerprint density at radius 2 is 2.56 bits per heavy atom. The second-order valence-corrected chi connectivity index (χ2v) is 3.79. The lowest BCUT2D eigenvalue weighted by Crippen LogP contribution is -2.29. The lowest BCUT2D eigenvalue weighted by molar-refractivity contribution is -0.127. The average molecular weight is 248 g/mol. The normalized spacial score (nSPS) is 18.8. The molecule has 2 rings (SSSR count). The molecule has 0 spiro atoms. The number of rotatable bonds is 4. The second-order valence-electron chi connectivity index (χ2n) is 3.79. The Morgan fingerprint density at radius 3 is 3.17 bits per heavy atom. The summed E-state index contributed by atoms with van der Waals surface area (Å²) in [7, 11) is 0. The number of hydrogen-bond donors (Lipinski definition) is 2. The maximum absolute atomic E-state index is 11.5. The SMILES string of the molecule is CC1=NNC(=O)[C@@H]1CC(=O)N/N=C\c1ccco1. The molecule has 0 unspecified atom stereocenters. The van der Waals surface area contributed by atoms with Gasteiger partial charge in [0, 0.05) is 12.1 Å². The monoisotopic (exact) mass is 248 g/mol. The van der Waals surface area contributed by atoms with Gasteiger partial charge in [-0.25, -0.2) is 10.9 Å². The van der Waals surface area contributed by atoms with Crippen LogP contribution in [0.5, 0.6) is 0 Å². The number of hydrazone groups is 2. The van der Waals surface area contributed by atoms with E-state index in [1.807, 2.05) is 0 Å². The van der Waals surface area contributed by atoms with Crippen LogP contribution in [0.15, 0.2) is 33.0 Å². The van der Waals surface area contributed by atoms with E-state index in [0.717, 1.165) is 0 Å². The number of furan rings is 1. The number of carbonyl (C=O) groups is 2. The van der Waals surface area contributed by atoms with Gasteiger partial charge in [0.2, 0.25) is 11.8 Å². The smallest absolute Gasteiger partial charge is 0.249 e. The molecule has 2 amide bonds. The summed E-state index contributed by atoms with van der Waals surface area (Å²) in [4.78, 5) is 22.8. The molecule has 2 N–H and O–H groups in total. The fraction of sp³-hybridized carbons (Fsp3) is 0.273. The van der Waals surface area contributed by atoms with Gasteiger partial charge in [-0.1, -0.05) is 0 Å². The Hall–Kier alpha value is -2.44. The molecule has 1 aromatic rings. The molecule has 0 bridgehead atoms. The molecule has 0 aliphatic carbocycles. The van der Waals surface area contributed by atoms with Crippen molar-refractivity contribution < 1.29 is 14.0 Å². The van der Waals surface area contributed by atoms with Gasteiger partial charge in [0.05, 0.1) is 18.4 Å². The van der Waals surface area contributed by atoms with Crippen molar-refractivity contribution in [3.8, 4) is 0 Å². The summed E-state index contributed by atoms with van der Waals surface area (Å²) in [5.41, 5.74) is 5.25. The van der Waals surface area contributed by atoms with Crippen molar-refractivity contribution in [3.63, 3.8) is 0 Å². The van der Waals surface area contributed by atoms with E-state index in [-0.39, 0.29) is 18.2 Å². The van der Waals surface area contributed by atoms with Crippen LogP contribution >= 0.6 is 0 Å². The lowest BCUT2D eigenvalue weighted by atomic mass is 10.0. The molecule has 0 fully saturated rings. The molecule has 18 heavy (non-hydrogen) atoms. The van der Waals surface area contributed by atoms with Crippen molar-refractivity contribution in [1.82, 2.24) is 10.9 Å². The van der Waals surface area contributed by atoms with E-state index in [1.165, 1.54) is 12.5 Å². The van der Waals surface area contributed by atoms with E-state index in [4.69, 9.17) is 4.42 Å². The van der Waals surface area contributed by atoms with Crippen LogP contribution in [0.1, 0.15) is 19.1 Å². The molecule has 7 heteroatoms. The summed E-state index contributed by atoms with van der Waals surface area (Å²) in [6, 6.07) is 3.42. The molecule has 0 aromatic carbocycles. The highest BCUT2D eigenvalue weighted by atomic mass is 16.3. The van der Waals surface area contributed by atoms with Gasteiger partial charge in [-0.15, -0.1) is 0 Å². The Morgan fingerprint density at radius 1 is 1.72 bits per heavy atom. The third-order valence-electron chi connectivity index (χ3n) is 2.48. The standard InChI is InChI=1S/C11H12N4O3/c1-7-9(11(17)15-13-7)5-10(16)14-12-6-8-3-2-4-18-8/h2-4,6,9H,5H2,1H3,(H,14,16)(H,15,17)/b12-6-/t9-/m1/s1. The summed E-state index contributed by atoms with van der Waals surface area (Å²) in [5.74, 6) is -0.595. The van der Waals surface area contributed by atoms with Crippen LogP contribution in [0.3, 0.4) is 0 Å². The largest absolute Gasteiger partial charge is 0.463 e. The van der Waals surface area contributed by atoms with E-state index in [2.05, 4.69) is 21.1 Å². The molecular weight excluding hydrogens is 236 g/mol. The van der Waals surface area contributed by atoms with Crippen molar-refractivity contribution in [2.24, 2.45) is 16.1 Å². The van der Waals surface area contributed by atoms with Crippen molar-refractivity contribution in [2.45, 2.75) is 13.3 Å². The Bertz CT molecular complexity index is 504. The molecule has 0 saturated heterocycles. The van der Waals surface area contributed by atoms with Gasteiger partial charge in [-0.2, -0.15) is 10.2 Å². The molecule has 7 nitrogen and oxygen atoms in total. The van der Waals surface area contributed by atoms with E-state index >= 15 is 0 Å². The minimum absolute atomic E-state index is 0.0245. The Labute approximate surface area is 103 Å². The van der Waals surface area contributed by atoms with E-state index in [0.29, 0.717) is 11.5 Å². The minimum atomic E-state index is -0.510. The third-order valence-corrected chi connectivity index (χ3v) is 2.48. The first-order valence-corrected chi connectivity index (χ1v) is 5.36. The van der Waals surface area contributed by atoms with Gasteiger partial charge in [0.25, 0.3) is 0 Å². The van der Waals surface area contributed by atoms with Crippen LogP contribution in [0, 0.1) is 5.92 Å². The number of amides is 2. The van der Waals surface area contributed by atoms with Crippen molar-refractivity contribution in [3.05, 3.63) is 24.2 Å². The van der Waals surface area contributed by atoms with Crippen LogP contribution in [0.25, 0.3) is 0 Å². The van der Waals surface area contributed by atoms with Crippen LogP contribution in [-0.4, -0.2) is 23.7 Å². The van der Waals surface area contributed by atoms with Crippen molar-refractivity contribution in [2.75, 3.05) is 0 Å². The van der Waals surface area contributed by atoms with Gasteiger partial charge < -0.3 is 4.42 Å². The van der Waals surface area contributed by atoms with Gasteiger partial charge in [0.15, 0.2) is 0 Å². The molecule has 1 aliphatic rings. The van der Waals surface area contributed by atoms with Gasteiger partial charge in [-0.3, -0.25) is 9.59 Å². The molecule has 0 saturated carbocycles. The topological polar surface area (TPSA) is 96.1 Å². The predicted molar refractivity (Wildman–Crippen MR) is 63.8 cm³/mol. The van der Waals surface area contributed by atoms with Crippen LogP contribution in [0.4, 0.5) is 0 Å². The van der Waals surface area contributed by atoms with Crippen LogP contribution < -0.4 is 10.9 Å². The summed E-state index contributed by atoms with van der Waals surface area (Å²) < 4.78 is 5.00. The Kier molecular flexibility index (Phi) is 3.52. The fourth-order valence-corrected chi connectivity index (χ4v) is 1.49. The molecule has 1 aromatic heterocycles. The zero-order valence-corrected chi connectivity index (χ0v) is 9.71. The first kappa shape index (κ1) is 12.0. The molecule has 2 heterocycles. The van der Waals surface area contributed by atoms with Gasteiger partial charge in [-0.05, 0) is 19.1 Å². The molecule has 94 valence electrons. The summed E-state index contributed by atoms with van der Waals surface area (Å²) in [6.07, 6.45) is 2.91. The minimum Gasteiger partial charge on any atom is -0.463 e. The lowest BCUT2D eigenvalue weighted by Gasteiger charge is -2.05. The maximum Gasteiger partial charge on any atom is 0.249 e. The summed E-state index contributed by atoms with van der Waals surface area (Å²) >= 11 is 0. The number of nitrogens with one attached hydrogen (secondary N) is 2. The van der Waals surface area contributed by atoms with E-state index in [1.54, 1.807) is 19.1 Å². The highest BCUT2D eigenvalue weighted by Gasteiger charge is 2.28. The van der Waals surface area contributed by atoms with Gasteiger partial charge >= 0.3 is 0 Å². The first-order chi connectivity index (χ1) is 8.66. The average Bonchev–Trinajstić information content (AvgIpc) is 2.94. The number of hydrogen-bond acceptors (Lipinski definition) is 5. The third kappa shape index (κ3) is 2.82. The zero-order valence-electron chi connectivity index (χ0n) is 9.71. The molecule has 0 radical (unpaired) electrons. The Balaban J connectivity index is 1.82. The van der Waals surface area contributed by atoms with Crippen molar-refractivity contribution in [1.29, 1.82) is 0 Å². The highest BCUT2D eigenvalue weighted by Crippen LogP contribution is 2.11. The van der Waals surface area contributed by atoms with Crippen LogP contribution in [-0.2, 0) is 9.59 Å². The van der Waals surface area contributed by atoms with Gasteiger partial charge in [0.1, 0.15) is 5.76 Å². The zero-order chi connectivity index (χ0) is 13.0. The predicted octanol–water partition coefficient (Wildman–Crippen LogP) is 0.242. The summed E-state index contributed by atoms with van der Waals surface area (Å²) in [5, 5.41) is 7.47.